The highest BCUT2D eigenvalue weighted by Gasteiger charge is 2.75. The largest absolute Gasteiger partial charge is 0.460 e. The number of ketones is 2. The molecule has 2 nitrogen and oxygen atoms in total. The van der Waals surface area contributed by atoms with Gasteiger partial charge in [-0.1, -0.05) is 6.07 Å². The summed E-state index contributed by atoms with van der Waals surface area (Å²) in [7, 11) is 0. The van der Waals surface area contributed by atoms with Crippen molar-refractivity contribution in [3.05, 3.63) is 22.4 Å². The van der Waals surface area contributed by atoms with Crippen molar-refractivity contribution in [2.24, 2.45) is 0 Å². The Morgan fingerprint density at radius 2 is 1.60 bits per heavy atom. The highest BCUT2D eigenvalue weighted by atomic mass is 32.1. The third-order valence-electron chi connectivity index (χ3n) is 2.22. The van der Waals surface area contributed by atoms with Gasteiger partial charge in [0.05, 0.1) is 11.3 Å². The quantitative estimate of drug-likeness (QED) is 0.470. The van der Waals surface area contributed by atoms with E-state index in [1.807, 2.05) is 0 Å². The van der Waals surface area contributed by atoms with Crippen LogP contribution in [0.4, 0.5) is 30.7 Å². The van der Waals surface area contributed by atoms with Gasteiger partial charge < -0.3 is 0 Å². The van der Waals surface area contributed by atoms with Crippen LogP contribution in [0, 0.1) is 0 Å². The molecular formula is C10H5F7O2S. The van der Waals surface area contributed by atoms with Crippen molar-refractivity contribution in [3.8, 4) is 0 Å². The Bertz CT molecular complexity index is 504. The molecule has 0 atom stereocenters. The summed E-state index contributed by atoms with van der Waals surface area (Å²) in [6, 6.07) is 2.45. The monoisotopic (exact) mass is 322 g/mol. The second kappa shape index (κ2) is 5.15. The van der Waals surface area contributed by atoms with Gasteiger partial charge in [0.25, 0.3) is 0 Å². The van der Waals surface area contributed by atoms with Crippen molar-refractivity contribution >= 4 is 22.9 Å². The molecule has 0 fully saturated rings. The van der Waals surface area contributed by atoms with Gasteiger partial charge in [-0.3, -0.25) is 9.59 Å². The summed E-state index contributed by atoms with van der Waals surface area (Å²) in [5, 5.41) is 1.35. The predicted molar refractivity (Wildman–Crippen MR) is 54.2 cm³/mol. The van der Waals surface area contributed by atoms with E-state index in [2.05, 4.69) is 0 Å². The zero-order valence-electron chi connectivity index (χ0n) is 9.31. The van der Waals surface area contributed by atoms with E-state index in [1.54, 1.807) is 0 Å². The van der Waals surface area contributed by atoms with Crippen LogP contribution in [-0.4, -0.2) is 29.6 Å². The Labute approximate surface area is 111 Å². The number of hydrogen-bond acceptors (Lipinski definition) is 3. The highest BCUT2D eigenvalue weighted by Crippen LogP contribution is 2.47. The molecule has 0 aromatic carbocycles. The summed E-state index contributed by atoms with van der Waals surface area (Å²) in [6.07, 6.45) is -8.34. The zero-order valence-corrected chi connectivity index (χ0v) is 10.1. The number of rotatable bonds is 5. The van der Waals surface area contributed by atoms with Gasteiger partial charge in [0.2, 0.25) is 5.78 Å². The second-order valence-corrected chi connectivity index (χ2v) is 4.59. The molecule has 1 aromatic heterocycles. The third kappa shape index (κ3) is 2.84. The maximum absolute atomic E-state index is 12.9. The van der Waals surface area contributed by atoms with Crippen LogP contribution in [-0.2, 0) is 4.79 Å². The summed E-state index contributed by atoms with van der Waals surface area (Å²) < 4.78 is 86.4. The molecule has 1 aromatic rings. The molecule has 0 aliphatic carbocycles. The Kier molecular flexibility index (Phi) is 4.28. The van der Waals surface area contributed by atoms with Crippen LogP contribution >= 0.6 is 11.3 Å². The number of carbonyl (C=O) groups is 2. The number of halogens is 7. The average molecular weight is 322 g/mol. The van der Waals surface area contributed by atoms with Crippen molar-refractivity contribution in [1.82, 2.24) is 0 Å². The number of Topliss-reactive ketones (excluding diaryl/α,β-unsaturated/α-hetero) is 2. The normalized spacial score (nSPS) is 13.3. The van der Waals surface area contributed by atoms with Crippen molar-refractivity contribution in [2.45, 2.75) is 24.4 Å². The predicted octanol–water partition coefficient (Wildman–Crippen LogP) is 3.72. The minimum atomic E-state index is -6.60. The van der Waals surface area contributed by atoms with Gasteiger partial charge in [-0.25, -0.2) is 0 Å². The molecule has 0 saturated carbocycles. The molecule has 0 amide bonds. The Morgan fingerprint density at radius 3 is 2.00 bits per heavy atom. The first-order valence-corrected chi connectivity index (χ1v) is 5.71. The topological polar surface area (TPSA) is 34.1 Å². The molecule has 0 bridgehead atoms. The van der Waals surface area contributed by atoms with Gasteiger partial charge >= 0.3 is 18.0 Å². The van der Waals surface area contributed by atoms with Crippen molar-refractivity contribution in [2.75, 3.05) is 0 Å². The SMILES string of the molecule is O=C(CC(=O)C(F)(F)C(F)(F)C(F)(F)F)c1cccs1. The average Bonchev–Trinajstić information content (AvgIpc) is 2.80. The van der Waals surface area contributed by atoms with Crippen LogP contribution in [0.5, 0.6) is 0 Å². The summed E-state index contributed by atoms with van der Waals surface area (Å²) in [5.41, 5.74) is 0. The minimum absolute atomic E-state index is 0.190. The first kappa shape index (κ1) is 16.6. The third-order valence-corrected chi connectivity index (χ3v) is 3.13. The lowest BCUT2D eigenvalue weighted by Crippen LogP contribution is -2.56. The molecule has 0 unspecified atom stereocenters. The zero-order chi connectivity index (χ0) is 15.8. The summed E-state index contributed by atoms with van der Waals surface area (Å²) >= 11 is 0.740. The standard InChI is InChI=1S/C10H5F7O2S/c11-8(12,9(13,14)10(15,16)17)7(19)4-5(18)6-2-1-3-20-6/h1-3H,4H2. The summed E-state index contributed by atoms with van der Waals surface area (Å²) in [5.74, 6) is -16.6. The smallest absolute Gasteiger partial charge is 0.293 e. The van der Waals surface area contributed by atoms with Gasteiger partial charge in [-0.15, -0.1) is 11.3 Å². The summed E-state index contributed by atoms with van der Waals surface area (Å²) in [6.45, 7) is 0. The van der Waals surface area contributed by atoms with Crippen LogP contribution < -0.4 is 0 Å². The lowest BCUT2D eigenvalue weighted by molar-refractivity contribution is -0.343. The van der Waals surface area contributed by atoms with Crippen LogP contribution in [0.1, 0.15) is 16.1 Å². The maximum atomic E-state index is 12.9. The summed E-state index contributed by atoms with van der Waals surface area (Å²) in [4.78, 5) is 22.0. The molecule has 0 aliphatic rings. The van der Waals surface area contributed by atoms with E-state index in [4.69, 9.17) is 0 Å². The van der Waals surface area contributed by atoms with Crippen molar-refractivity contribution < 1.29 is 40.3 Å². The van der Waals surface area contributed by atoms with E-state index in [9.17, 15) is 40.3 Å². The molecule has 0 N–H and O–H groups in total. The second-order valence-electron chi connectivity index (χ2n) is 3.65. The first-order chi connectivity index (χ1) is 8.91. The molecule has 112 valence electrons. The van der Waals surface area contributed by atoms with E-state index in [1.165, 1.54) is 11.4 Å². The molecule has 0 spiro atoms. The number of alkyl halides is 7. The fraction of sp³-hybridized carbons (Fsp3) is 0.400. The molecule has 0 saturated heterocycles. The van der Waals surface area contributed by atoms with E-state index < -0.39 is 36.0 Å². The van der Waals surface area contributed by atoms with Crippen LogP contribution in [0.15, 0.2) is 17.5 Å². The Morgan fingerprint density at radius 1 is 1.05 bits per heavy atom. The maximum Gasteiger partial charge on any atom is 0.460 e. The van der Waals surface area contributed by atoms with Crippen molar-refractivity contribution in [1.29, 1.82) is 0 Å². The van der Waals surface area contributed by atoms with E-state index in [0.29, 0.717) is 0 Å². The highest BCUT2D eigenvalue weighted by molar-refractivity contribution is 7.12. The molecular weight excluding hydrogens is 317 g/mol. The lowest BCUT2D eigenvalue weighted by Gasteiger charge is -2.26. The minimum Gasteiger partial charge on any atom is -0.293 e. The van der Waals surface area contributed by atoms with Crippen LogP contribution in [0.2, 0.25) is 0 Å². The Hall–Kier alpha value is -1.45. The molecule has 0 aliphatic heterocycles. The van der Waals surface area contributed by atoms with E-state index in [0.717, 1.165) is 17.4 Å². The molecule has 20 heavy (non-hydrogen) atoms. The van der Waals surface area contributed by atoms with E-state index in [-0.39, 0.29) is 4.88 Å². The lowest BCUT2D eigenvalue weighted by atomic mass is 10.0. The van der Waals surface area contributed by atoms with Gasteiger partial charge in [-0.05, 0) is 11.4 Å². The van der Waals surface area contributed by atoms with Crippen LogP contribution in [0.25, 0.3) is 0 Å². The fourth-order valence-electron chi connectivity index (χ4n) is 1.13. The number of thiophene rings is 1. The fourth-order valence-corrected chi connectivity index (χ4v) is 1.80. The van der Waals surface area contributed by atoms with Crippen molar-refractivity contribution in [3.63, 3.8) is 0 Å². The molecule has 1 rings (SSSR count). The van der Waals surface area contributed by atoms with E-state index >= 15 is 0 Å². The first-order valence-electron chi connectivity index (χ1n) is 4.83. The molecule has 1 heterocycles. The van der Waals surface area contributed by atoms with Crippen LogP contribution in [0.3, 0.4) is 0 Å². The van der Waals surface area contributed by atoms with Gasteiger partial charge in [0.15, 0.2) is 5.78 Å². The Balaban J connectivity index is 2.93. The van der Waals surface area contributed by atoms with Gasteiger partial charge in [0, 0.05) is 0 Å². The molecule has 10 heteroatoms. The molecule has 0 radical (unpaired) electrons. The number of hydrogen-bond donors (Lipinski definition) is 0. The van der Waals surface area contributed by atoms with Gasteiger partial charge in [0.1, 0.15) is 0 Å². The number of carbonyl (C=O) groups excluding carboxylic acids is 2. The van der Waals surface area contributed by atoms with Gasteiger partial charge in [-0.2, -0.15) is 30.7 Å².